The molecule has 3 aromatic heterocycles. The van der Waals surface area contributed by atoms with Crippen molar-refractivity contribution in [2.75, 3.05) is 25.0 Å². The first kappa shape index (κ1) is 26.3. The summed E-state index contributed by atoms with van der Waals surface area (Å²) in [6, 6.07) is 18.7. The summed E-state index contributed by atoms with van der Waals surface area (Å²) < 4.78 is 5.94. The van der Waals surface area contributed by atoms with Gasteiger partial charge >= 0.3 is 0 Å². The van der Waals surface area contributed by atoms with E-state index in [0.29, 0.717) is 59.4 Å². The highest BCUT2D eigenvalue weighted by Crippen LogP contribution is 2.31. The van der Waals surface area contributed by atoms with Crippen LogP contribution in [0.25, 0.3) is 22.6 Å². The van der Waals surface area contributed by atoms with Crippen LogP contribution in [-0.4, -0.2) is 77.5 Å². The van der Waals surface area contributed by atoms with Crippen molar-refractivity contribution in [3.8, 4) is 11.5 Å². The van der Waals surface area contributed by atoms with E-state index in [2.05, 4.69) is 54.7 Å². The summed E-state index contributed by atoms with van der Waals surface area (Å²) in [5.41, 5.74) is 3.85. The number of nitrogens with one attached hydrogen (secondary N) is 1. The smallest absolute Gasteiger partial charge is 0.272 e. The van der Waals surface area contributed by atoms with Crippen molar-refractivity contribution in [3.05, 3.63) is 83.9 Å². The van der Waals surface area contributed by atoms with Crippen molar-refractivity contribution in [3.63, 3.8) is 0 Å². The maximum absolute atomic E-state index is 13.6. The number of aryl methyl sites for hydroxylation is 1. The van der Waals surface area contributed by atoms with Crippen molar-refractivity contribution < 1.29 is 14.0 Å². The number of aromatic nitrogens is 6. The minimum Gasteiger partial charge on any atom is -0.436 e. The van der Waals surface area contributed by atoms with Gasteiger partial charge in [0.1, 0.15) is 11.2 Å². The number of hydrogen-bond donors (Lipinski definition) is 1. The van der Waals surface area contributed by atoms with Crippen molar-refractivity contribution in [1.82, 2.24) is 40.0 Å². The molecule has 0 saturated carbocycles. The first-order chi connectivity index (χ1) is 19.9. The monoisotopic (exact) mass is 551 g/mol. The fourth-order valence-corrected chi connectivity index (χ4v) is 5.25. The molecule has 4 heterocycles. The Morgan fingerprint density at radius 2 is 1.90 bits per heavy atom. The fourth-order valence-electron chi connectivity index (χ4n) is 5.25. The lowest BCUT2D eigenvalue weighted by Crippen LogP contribution is -2.54. The summed E-state index contributed by atoms with van der Waals surface area (Å²) in [5.74, 6) is 0.678. The Kier molecular flexibility index (Phi) is 6.98. The first-order valence-electron chi connectivity index (χ1n) is 13.3. The van der Waals surface area contributed by atoms with Gasteiger partial charge in [-0.05, 0) is 48.0 Å². The highest BCUT2D eigenvalue weighted by Gasteiger charge is 2.35. The van der Waals surface area contributed by atoms with Gasteiger partial charge in [-0.2, -0.15) is 4.80 Å². The molecule has 0 aliphatic carbocycles. The zero-order valence-corrected chi connectivity index (χ0v) is 22.9. The molecule has 2 atom stereocenters. The predicted octanol–water partition coefficient (Wildman–Crippen LogP) is 3.31. The van der Waals surface area contributed by atoms with E-state index in [0.717, 1.165) is 5.56 Å². The van der Waals surface area contributed by atoms with E-state index in [1.165, 1.54) is 11.7 Å². The Bertz CT molecular complexity index is 1720. The number of nitrogens with zero attached hydrogens (tertiary/aromatic N) is 8. The number of amides is 2. The van der Waals surface area contributed by atoms with Crippen LogP contribution < -0.4 is 5.32 Å². The number of oxazole rings is 1. The summed E-state index contributed by atoms with van der Waals surface area (Å²) in [5, 5.41) is 15.6. The molecule has 208 valence electrons. The number of pyridine rings is 1. The maximum Gasteiger partial charge on any atom is 0.272 e. The third-order valence-electron chi connectivity index (χ3n) is 7.12. The van der Waals surface area contributed by atoms with E-state index in [1.54, 1.807) is 43.6 Å². The molecule has 5 aromatic rings. The quantitative estimate of drug-likeness (QED) is 0.337. The van der Waals surface area contributed by atoms with E-state index in [1.807, 2.05) is 23.1 Å². The highest BCUT2D eigenvalue weighted by atomic mass is 16.3. The minimum atomic E-state index is -0.177. The van der Waals surface area contributed by atoms with E-state index in [9.17, 15) is 9.59 Å². The number of carbonyl (C=O) groups is 2. The third kappa shape index (κ3) is 5.41. The van der Waals surface area contributed by atoms with E-state index in [-0.39, 0.29) is 23.9 Å². The maximum atomic E-state index is 13.6. The number of tetrazole rings is 1. The second-order valence-corrected chi connectivity index (χ2v) is 10.1. The average Bonchev–Trinajstić information content (AvgIpc) is 3.60. The summed E-state index contributed by atoms with van der Waals surface area (Å²) in [4.78, 5) is 39.5. The van der Waals surface area contributed by atoms with Crippen molar-refractivity contribution >= 4 is 28.6 Å². The number of carbonyl (C=O) groups excluding carboxylic acids is 2. The Morgan fingerprint density at radius 3 is 2.63 bits per heavy atom. The van der Waals surface area contributed by atoms with Crippen LogP contribution in [0.15, 0.2) is 71.3 Å². The summed E-state index contributed by atoms with van der Waals surface area (Å²) in [6.45, 7) is 5.22. The van der Waals surface area contributed by atoms with E-state index in [4.69, 9.17) is 4.42 Å². The molecule has 12 heteroatoms. The predicted molar refractivity (Wildman–Crippen MR) is 151 cm³/mol. The SMILES string of the molecule is CC(=O)Nc1ccc2oc(-c3ccnc(C(=O)N4CCN([C@H](c5ccccc5)c5nnn(C)n5)[C@H](C)C4)c3)nc2c1. The molecule has 2 aromatic carbocycles. The lowest BCUT2D eigenvalue weighted by atomic mass is 10.0. The van der Waals surface area contributed by atoms with Crippen LogP contribution in [0, 0.1) is 0 Å². The first-order valence-corrected chi connectivity index (χ1v) is 13.3. The molecular weight excluding hydrogens is 522 g/mol. The van der Waals surface area contributed by atoms with Crippen molar-refractivity contribution in [2.45, 2.75) is 25.9 Å². The van der Waals surface area contributed by atoms with Crippen LogP contribution in [0.4, 0.5) is 5.69 Å². The number of benzene rings is 2. The minimum absolute atomic E-state index is 0.0275. The molecule has 41 heavy (non-hydrogen) atoms. The number of piperazine rings is 1. The lowest BCUT2D eigenvalue weighted by molar-refractivity contribution is -0.114. The van der Waals surface area contributed by atoms with Gasteiger partial charge in [-0.1, -0.05) is 30.3 Å². The summed E-state index contributed by atoms with van der Waals surface area (Å²) >= 11 is 0. The standard InChI is InChI=1S/C29H29N9O3/c1-18-17-37(13-14-38(18)26(20-7-5-4-6-8-20)27-33-35-36(3)34-27)29(40)24-15-21(11-12-30-24)28-32-23-16-22(31-19(2)39)9-10-25(23)41-28/h4-12,15-16,18,26H,13-14,17H2,1-3H3,(H,31,39)/t18-,26-/m1/s1. The molecule has 0 bridgehead atoms. The number of hydrogen-bond acceptors (Lipinski definition) is 9. The summed E-state index contributed by atoms with van der Waals surface area (Å²) in [7, 11) is 1.75. The zero-order valence-electron chi connectivity index (χ0n) is 22.9. The molecule has 2 amide bonds. The van der Waals surface area contributed by atoms with Gasteiger partial charge in [0.25, 0.3) is 5.91 Å². The largest absolute Gasteiger partial charge is 0.436 e. The van der Waals surface area contributed by atoms with Crippen LogP contribution >= 0.6 is 0 Å². The van der Waals surface area contributed by atoms with Crippen molar-refractivity contribution in [1.29, 1.82) is 0 Å². The van der Waals surface area contributed by atoms with Gasteiger partial charge in [-0.3, -0.25) is 19.5 Å². The molecule has 0 radical (unpaired) electrons. The fraction of sp³-hybridized carbons (Fsp3) is 0.276. The second-order valence-electron chi connectivity index (χ2n) is 10.1. The van der Waals surface area contributed by atoms with Gasteiger partial charge in [-0.15, -0.1) is 10.2 Å². The number of anilines is 1. The molecule has 1 aliphatic rings. The normalized spacial score (nSPS) is 16.6. The third-order valence-corrected chi connectivity index (χ3v) is 7.12. The Morgan fingerprint density at radius 1 is 1.07 bits per heavy atom. The number of rotatable bonds is 6. The molecule has 1 aliphatic heterocycles. The summed E-state index contributed by atoms with van der Waals surface area (Å²) in [6.07, 6.45) is 1.59. The molecule has 1 fully saturated rings. The van der Waals surface area contributed by atoms with Gasteiger partial charge in [-0.25, -0.2) is 4.98 Å². The topological polar surface area (TPSA) is 135 Å². The van der Waals surface area contributed by atoms with Gasteiger partial charge in [0.2, 0.25) is 11.8 Å². The zero-order chi connectivity index (χ0) is 28.5. The van der Waals surface area contributed by atoms with Crippen LogP contribution in [0.2, 0.25) is 0 Å². The molecule has 0 unspecified atom stereocenters. The Hall–Kier alpha value is -4.97. The van der Waals surface area contributed by atoms with E-state index < -0.39 is 0 Å². The van der Waals surface area contributed by atoms with Gasteiger partial charge in [0.15, 0.2) is 11.4 Å². The van der Waals surface area contributed by atoms with Crippen LogP contribution in [0.1, 0.15) is 41.8 Å². The van der Waals surface area contributed by atoms with Crippen LogP contribution in [-0.2, 0) is 11.8 Å². The van der Waals surface area contributed by atoms with Crippen molar-refractivity contribution in [2.24, 2.45) is 7.05 Å². The lowest BCUT2D eigenvalue weighted by Gasteiger charge is -2.43. The van der Waals surface area contributed by atoms with Crippen LogP contribution in [0.5, 0.6) is 0 Å². The molecule has 1 N–H and O–H groups in total. The van der Waals surface area contributed by atoms with Crippen LogP contribution in [0.3, 0.4) is 0 Å². The van der Waals surface area contributed by atoms with Gasteiger partial charge < -0.3 is 14.6 Å². The van der Waals surface area contributed by atoms with Gasteiger partial charge in [0.05, 0.1) is 13.1 Å². The molecule has 0 spiro atoms. The molecule has 1 saturated heterocycles. The highest BCUT2D eigenvalue weighted by molar-refractivity contribution is 5.94. The number of fused-ring (bicyclic) bond motifs is 1. The molecular formula is C29H29N9O3. The Balaban J connectivity index is 1.20. The molecule has 12 nitrogen and oxygen atoms in total. The average molecular weight is 552 g/mol. The molecule has 6 rings (SSSR count). The second kappa shape index (κ2) is 10.9. The van der Waals surface area contributed by atoms with E-state index >= 15 is 0 Å². The van der Waals surface area contributed by atoms with Gasteiger partial charge in [0, 0.05) is 50.0 Å². The Labute approximate surface area is 236 Å².